The lowest BCUT2D eigenvalue weighted by Gasteiger charge is -2.19. The quantitative estimate of drug-likeness (QED) is 0.582. The molecule has 0 radical (unpaired) electrons. The first-order valence-electron chi connectivity index (χ1n) is 7.97. The Hall–Kier alpha value is -3.04. The van der Waals surface area contributed by atoms with E-state index in [0.717, 1.165) is 17.1 Å². The zero-order valence-corrected chi connectivity index (χ0v) is 14.7. The fourth-order valence-electron chi connectivity index (χ4n) is 2.60. The van der Waals surface area contributed by atoms with Gasteiger partial charge >= 0.3 is 0 Å². The van der Waals surface area contributed by atoms with Crippen LogP contribution < -0.4 is 21.1 Å². The Morgan fingerprint density at radius 3 is 2.48 bits per heavy atom. The summed E-state index contributed by atoms with van der Waals surface area (Å²) in [5.74, 6) is 0. The highest BCUT2D eigenvalue weighted by Crippen LogP contribution is 2.23. The van der Waals surface area contributed by atoms with Gasteiger partial charge in [0.15, 0.2) is 5.11 Å². The van der Waals surface area contributed by atoms with E-state index in [9.17, 15) is 5.26 Å². The zero-order valence-electron chi connectivity index (χ0n) is 13.9. The van der Waals surface area contributed by atoms with E-state index in [1.165, 1.54) is 5.56 Å². The van der Waals surface area contributed by atoms with Gasteiger partial charge in [-0.3, -0.25) is 5.43 Å². The topological polar surface area (TPSA) is 63.1 Å². The highest BCUT2D eigenvalue weighted by Gasteiger charge is 2.22. The first-order valence-corrected chi connectivity index (χ1v) is 8.38. The molecule has 2 aromatic rings. The van der Waals surface area contributed by atoms with E-state index in [2.05, 4.69) is 58.3 Å². The predicted molar refractivity (Wildman–Crippen MR) is 105 cm³/mol. The van der Waals surface area contributed by atoms with Crippen molar-refractivity contribution in [1.29, 1.82) is 5.26 Å². The van der Waals surface area contributed by atoms with Crippen molar-refractivity contribution in [3.63, 3.8) is 0 Å². The lowest BCUT2D eigenvalue weighted by atomic mass is 10.2. The minimum atomic E-state index is 0.449. The highest BCUT2D eigenvalue weighted by atomic mass is 32.1. The predicted octanol–water partition coefficient (Wildman–Crippen LogP) is 3.08. The smallest absolute Gasteiger partial charge is 0.189 e. The van der Waals surface area contributed by atoms with Crippen LogP contribution in [0.2, 0.25) is 0 Å². The summed E-state index contributed by atoms with van der Waals surface area (Å²) in [7, 11) is 0. The van der Waals surface area contributed by atoms with Gasteiger partial charge in [-0.25, -0.2) is 0 Å². The van der Waals surface area contributed by atoms with Gasteiger partial charge in [-0.2, -0.15) is 5.26 Å². The maximum atomic E-state index is 9.39. The second-order valence-electron chi connectivity index (χ2n) is 5.83. The van der Waals surface area contributed by atoms with Crippen LogP contribution >= 0.6 is 12.2 Å². The molecular weight excluding hydrogens is 330 g/mol. The number of nitrogens with one attached hydrogen (secondary N) is 3. The molecule has 1 aliphatic rings. The van der Waals surface area contributed by atoms with Gasteiger partial charge in [0.05, 0.1) is 30.4 Å². The third-order valence-electron chi connectivity index (χ3n) is 3.95. The van der Waals surface area contributed by atoms with E-state index in [0.29, 0.717) is 23.8 Å². The molecule has 0 amide bonds. The van der Waals surface area contributed by atoms with E-state index in [-0.39, 0.29) is 0 Å². The molecule has 1 heterocycles. The Morgan fingerprint density at radius 1 is 1.08 bits per heavy atom. The summed E-state index contributed by atoms with van der Waals surface area (Å²) in [6, 6.07) is 20.2. The Balaban J connectivity index is 1.58. The van der Waals surface area contributed by atoms with Crippen molar-refractivity contribution in [2.45, 2.75) is 6.92 Å². The number of nitriles is 1. The molecule has 126 valence electrons. The summed E-state index contributed by atoms with van der Waals surface area (Å²) in [5, 5.41) is 12.9. The summed E-state index contributed by atoms with van der Waals surface area (Å²) >= 11 is 5.28. The fourth-order valence-corrected chi connectivity index (χ4v) is 2.77. The molecule has 2 aromatic carbocycles. The molecule has 0 fully saturated rings. The molecular formula is C19H19N5S. The standard InChI is InChI=1S/C19H19N5S/c1-14-7-9-17(10-8-14)24-12-15(11-20)18(13-24)22-23-19(25)21-16-5-3-2-4-6-16/h2-10,22H,12-13H2,1H3,(H2,21,23,25). The van der Waals surface area contributed by atoms with Crippen molar-refractivity contribution >= 4 is 28.7 Å². The minimum absolute atomic E-state index is 0.449. The number of nitrogens with zero attached hydrogens (tertiary/aromatic N) is 2. The van der Waals surface area contributed by atoms with Crippen LogP contribution in [0.15, 0.2) is 65.9 Å². The Morgan fingerprint density at radius 2 is 1.80 bits per heavy atom. The molecule has 0 atom stereocenters. The van der Waals surface area contributed by atoms with Crippen molar-refractivity contribution < 1.29 is 0 Å². The van der Waals surface area contributed by atoms with Gasteiger partial charge in [0.2, 0.25) is 0 Å². The second kappa shape index (κ2) is 7.69. The van der Waals surface area contributed by atoms with Gasteiger partial charge in [0, 0.05) is 11.4 Å². The molecule has 5 nitrogen and oxygen atoms in total. The third kappa shape index (κ3) is 4.28. The van der Waals surface area contributed by atoms with Crippen LogP contribution in [-0.2, 0) is 0 Å². The molecule has 0 aromatic heterocycles. The second-order valence-corrected chi connectivity index (χ2v) is 6.24. The molecule has 0 unspecified atom stereocenters. The molecule has 0 saturated carbocycles. The normalized spacial score (nSPS) is 13.4. The van der Waals surface area contributed by atoms with Gasteiger partial charge in [0.1, 0.15) is 0 Å². The van der Waals surface area contributed by atoms with Crippen LogP contribution in [0, 0.1) is 18.3 Å². The summed E-state index contributed by atoms with van der Waals surface area (Å²) < 4.78 is 0. The van der Waals surface area contributed by atoms with E-state index in [1.54, 1.807) is 0 Å². The van der Waals surface area contributed by atoms with Crippen molar-refractivity contribution in [3.8, 4) is 6.07 Å². The largest absolute Gasteiger partial charge is 0.360 e. The number of thiocarbonyl (C=S) groups is 1. The zero-order chi connectivity index (χ0) is 17.6. The molecule has 0 bridgehead atoms. The number of rotatable bonds is 4. The van der Waals surface area contributed by atoms with Crippen LogP contribution in [-0.4, -0.2) is 18.2 Å². The average Bonchev–Trinajstić information content (AvgIpc) is 3.05. The van der Waals surface area contributed by atoms with Crippen molar-refractivity contribution in [1.82, 2.24) is 10.9 Å². The molecule has 1 aliphatic heterocycles. The van der Waals surface area contributed by atoms with Crippen LogP contribution in [0.1, 0.15) is 5.56 Å². The summed E-state index contributed by atoms with van der Waals surface area (Å²) in [5.41, 5.74) is 10.8. The number of hydrazine groups is 1. The number of benzene rings is 2. The fraction of sp³-hybridized carbons (Fsp3) is 0.158. The third-order valence-corrected chi connectivity index (χ3v) is 4.16. The van der Waals surface area contributed by atoms with Crippen LogP contribution in [0.25, 0.3) is 0 Å². The molecule has 25 heavy (non-hydrogen) atoms. The van der Waals surface area contributed by atoms with E-state index < -0.39 is 0 Å². The van der Waals surface area contributed by atoms with Crippen molar-refractivity contribution in [2.24, 2.45) is 0 Å². The van der Waals surface area contributed by atoms with Gasteiger partial charge in [-0.15, -0.1) is 0 Å². The summed E-state index contributed by atoms with van der Waals surface area (Å²) in [6.07, 6.45) is 0. The van der Waals surface area contributed by atoms with Crippen LogP contribution in [0.4, 0.5) is 11.4 Å². The Labute approximate surface area is 152 Å². The number of aryl methyl sites for hydroxylation is 1. The van der Waals surface area contributed by atoms with Crippen molar-refractivity contribution in [3.05, 3.63) is 71.4 Å². The van der Waals surface area contributed by atoms with Crippen molar-refractivity contribution in [2.75, 3.05) is 23.3 Å². The number of hydrogen-bond donors (Lipinski definition) is 3. The molecule has 3 N–H and O–H groups in total. The lowest BCUT2D eigenvalue weighted by molar-refractivity contribution is 0.753. The minimum Gasteiger partial charge on any atom is -0.360 e. The summed E-state index contributed by atoms with van der Waals surface area (Å²) in [6.45, 7) is 3.28. The Bertz CT molecular complexity index is 821. The number of hydrogen-bond acceptors (Lipinski definition) is 4. The van der Waals surface area contributed by atoms with Gasteiger partial charge in [0.25, 0.3) is 0 Å². The number of anilines is 2. The van der Waals surface area contributed by atoms with E-state index in [4.69, 9.17) is 12.2 Å². The first kappa shape index (κ1) is 16.8. The average molecular weight is 349 g/mol. The Kier molecular flexibility index (Phi) is 5.17. The van der Waals surface area contributed by atoms with Gasteiger partial charge in [-0.1, -0.05) is 35.9 Å². The first-order chi connectivity index (χ1) is 12.2. The van der Waals surface area contributed by atoms with Gasteiger partial charge < -0.3 is 15.6 Å². The highest BCUT2D eigenvalue weighted by molar-refractivity contribution is 7.80. The summed E-state index contributed by atoms with van der Waals surface area (Å²) in [4.78, 5) is 2.15. The van der Waals surface area contributed by atoms with E-state index in [1.807, 2.05) is 30.3 Å². The lowest BCUT2D eigenvalue weighted by Crippen LogP contribution is -2.41. The molecule has 0 saturated heterocycles. The maximum absolute atomic E-state index is 9.39. The molecule has 0 aliphatic carbocycles. The number of para-hydroxylation sites is 1. The molecule has 0 spiro atoms. The van der Waals surface area contributed by atoms with Crippen LogP contribution in [0.3, 0.4) is 0 Å². The SMILES string of the molecule is Cc1ccc(N2CC(C#N)=C(NNC(=S)Nc3ccccc3)C2)cc1. The van der Waals surface area contributed by atoms with E-state index >= 15 is 0 Å². The maximum Gasteiger partial charge on any atom is 0.189 e. The monoisotopic (exact) mass is 349 g/mol. The van der Waals surface area contributed by atoms with Crippen LogP contribution in [0.5, 0.6) is 0 Å². The van der Waals surface area contributed by atoms with Gasteiger partial charge in [-0.05, 0) is 43.4 Å². The molecule has 6 heteroatoms. The molecule has 3 rings (SSSR count).